The van der Waals surface area contributed by atoms with E-state index < -0.39 is 17.5 Å². The fourth-order valence-electron chi connectivity index (χ4n) is 1.66. The molecule has 0 saturated carbocycles. The lowest BCUT2D eigenvalue weighted by Crippen LogP contribution is -2.05. The molecule has 0 atom stereocenters. The molecular weight excluding hydrogens is 335 g/mol. The second-order valence-corrected chi connectivity index (χ2v) is 4.87. The van der Waals surface area contributed by atoms with E-state index in [4.69, 9.17) is 0 Å². The summed E-state index contributed by atoms with van der Waals surface area (Å²) >= 11 is 3.33. The Morgan fingerprint density at radius 3 is 2.30 bits per heavy atom. The Morgan fingerprint density at radius 2 is 1.75 bits per heavy atom. The molecule has 1 N–H and O–H groups in total. The molecule has 0 spiro atoms. The highest BCUT2D eigenvalue weighted by Crippen LogP contribution is 2.28. The second kappa shape index (κ2) is 5.78. The first kappa shape index (κ1) is 14.8. The third-order valence-corrected chi connectivity index (χ3v) is 3.55. The maximum atomic E-state index is 13.3. The zero-order valence-corrected chi connectivity index (χ0v) is 12.4. The number of nitrogens with one attached hydrogen (secondary N) is 1. The quantitative estimate of drug-likeness (QED) is 0.852. The SMILES string of the molecule is CCNc1nc(-c2cc(F)c(F)c(F)c2)nc(C)c1Br. The summed E-state index contributed by atoms with van der Waals surface area (Å²) in [4.78, 5) is 8.32. The van der Waals surface area contributed by atoms with Crippen molar-refractivity contribution in [1.29, 1.82) is 0 Å². The van der Waals surface area contributed by atoms with Gasteiger partial charge in [-0.05, 0) is 41.9 Å². The van der Waals surface area contributed by atoms with Crippen LogP contribution in [-0.4, -0.2) is 16.5 Å². The number of halogens is 4. The van der Waals surface area contributed by atoms with Gasteiger partial charge < -0.3 is 5.32 Å². The summed E-state index contributed by atoms with van der Waals surface area (Å²) in [6.07, 6.45) is 0. The van der Waals surface area contributed by atoms with Gasteiger partial charge >= 0.3 is 0 Å². The number of benzene rings is 1. The number of hydrogen-bond donors (Lipinski definition) is 1. The zero-order chi connectivity index (χ0) is 14.9. The van der Waals surface area contributed by atoms with Gasteiger partial charge in [-0.25, -0.2) is 23.1 Å². The highest BCUT2D eigenvalue weighted by atomic mass is 79.9. The molecule has 1 aromatic heterocycles. The molecule has 2 rings (SSSR count). The largest absolute Gasteiger partial charge is 0.369 e. The molecule has 0 unspecified atom stereocenters. The first-order valence-corrected chi connectivity index (χ1v) is 6.66. The van der Waals surface area contributed by atoms with E-state index in [1.165, 1.54) is 0 Å². The Balaban J connectivity index is 2.58. The van der Waals surface area contributed by atoms with Crippen molar-refractivity contribution in [2.45, 2.75) is 13.8 Å². The van der Waals surface area contributed by atoms with E-state index >= 15 is 0 Å². The lowest BCUT2D eigenvalue weighted by Gasteiger charge is -2.10. The number of aromatic nitrogens is 2. The van der Waals surface area contributed by atoms with Gasteiger partial charge in [-0.2, -0.15) is 0 Å². The molecule has 20 heavy (non-hydrogen) atoms. The van der Waals surface area contributed by atoms with Crippen molar-refractivity contribution in [3.63, 3.8) is 0 Å². The van der Waals surface area contributed by atoms with Crippen molar-refractivity contribution < 1.29 is 13.2 Å². The standard InChI is InChI=1S/C13H11BrF3N3/c1-3-18-13-10(14)6(2)19-12(20-13)7-4-8(15)11(17)9(16)5-7/h4-5H,3H2,1-2H3,(H,18,19,20). The van der Waals surface area contributed by atoms with Crippen LogP contribution in [-0.2, 0) is 0 Å². The van der Waals surface area contributed by atoms with E-state index in [9.17, 15) is 13.2 Å². The van der Waals surface area contributed by atoms with Crippen LogP contribution in [0, 0.1) is 24.4 Å². The average molecular weight is 346 g/mol. The van der Waals surface area contributed by atoms with E-state index in [1.807, 2.05) is 6.92 Å². The van der Waals surface area contributed by atoms with Crippen molar-refractivity contribution in [2.75, 3.05) is 11.9 Å². The third kappa shape index (κ3) is 2.77. The van der Waals surface area contributed by atoms with Gasteiger partial charge in [0, 0.05) is 12.1 Å². The van der Waals surface area contributed by atoms with Crippen molar-refractivity contribution >= 4 is 21.7 Å². The third-order valence-electron chi connectivity index (χ3n) is 2.60. The van der Waals surface area contributed by atoms with Crippen LogP contribution < -0.4 is 5.32 Å². The summed E-state index contributed by atoms with van der Waals surface area (Å²) in [6, 6.07) is 1.74. The molecule has 7 heteroatoms. The van der Waals surface area contributed by atoms with Crippen LogP contribution in [0.2, 0.25) is 0 Å². The summed E-state index contributed by atoms with van der Waals surface area (Å²) in [5, 5.41) is 3.01. The Hall–Kier alpha value is -1.63. The van der Waals surface area contributed by atoms with Gasteiger partial charge in [-0.15, -0.1) is 0 Å². The topological polar surface area (TPSA) is 37.8 Å². The van der Waals surface area contributed by atoms with Crippen molar-refractivity contribution in [3.8, 4) is 11.4 Å². The summed E-state index contributed by atoms with van der Waals surface area (Å²) in [7, 11) is 0. The van der Waals surface area contributed by atoms with Crippen LogP contribution >= 0.6 is 15.9 Å². The molecule has 3 nitrogen and oxygen atoms in total. The number of nitrogens with zero attached hydrogens (tertiary/aromatic N) is 2. The van der Waals surface area contributed by atoms with Gasteiger partial charge in [0.25, 0.3) is 0 Å². The predicted octanol–water partition coefficient (Wildman–Crippen LogP) is 4.06. The minimum Gasteiger partial charge on any atom is -0.369 e. The summed E-state index contributed by atoms with van der Waals surface area (Å²) in [6.45, 7) is 4.24. The lowest BCUT2D eigenvalue weighted by atomic mass is 10.2. The van der Waals surface area contributed by atoms with Crippen LogP contribution in [0.5, 0.6) is 0 Å². The van der Waals surface area contributed by atoms with Gasteiger partial charge in [0.15, 0.2) is 23.3 Å². The van der Waals surface area contributed by atoms with Crippen LogP contribution in [0.1, 0.15) is 12.6 Å². The fraction of sp³-hybridized carbons (Fsp3) is 0.231. The number of aryl methyl sites for hydroxylation is 1. The zero-order valence-electron chi connectivity index (χ0n) is 10.8. The Kier molecular flexibility index (Phi) is 4.27. The van der Waals surface area contributed by atoms with Crippen LogP contribution in [0.25, 0.3) is 11.4 Å². The highest BCUT2D eigenvalue weighted by molar-refractivity contribution is 9.10. The molecule has 0 aliphatic rings. The molecule has 0 saturated heterocycles. The van der Waals surface area contributed by atoms with Gasteiger partial charge in [0.2, 0.25) is 0 Å². The van der Waals surface area contributed by atoms with E-state index in [2.05, 4.69) is 31.2 Å². The van der Waals surface area contributed by atoms with Gasteiger partial charge in [-0.3, -0.25) is 0 Å². The van der Waals surface area contributed by atoms with E-state index in [-0.39, 0.29) is 11.4 Å². The monoisotopic (exact) mass is 345 g/mol. The second-order valence-electron chi connectivity index (χ2n) is 4.08. The minimum atomic E-state index is -1.51. The van der Waals surface area contributed by atoms with E-state index in [0.717, 1.165) is 12.1 Å². The highest BCUT2D eigenvalue weighted by Gasteiger charge is 2.15. The normalized spacial score (nSPS) is 10.7. The Labute approximate surface area is 122 Å². The molecule has 0 fully saturated rings. The van der Waals surface area contributed by atoms with Crippen LogP contribution in [0.4, 0.5) is 19.0 Å². The van der Waals surface area contributed by atoms with Gasteiger partial charge in [0.05, 0.1) is 10.2 Å². The molecule has 0 bridgehead atoms. The summed E-state index contributed by atoms with van der Waals surface area (Å²) < 4.78 is 40.1. The summed E-state index contributed by atoms with van der Waals surface area (Å²) in [5.74, 6) is -3.41. The molecule has 2 aromatic rings. The summed E-state index contributed by atoms with van der Waals surface area (Å²) in [5.41, 5.74) is 0.687. The number of anilines is 1. The molecule has 1 aromatic carbocycles. The molecule has 0 amide bonds. The first-order valence-electron chi connectivity index (χ1n) is 5.87. The fourth-order valence-corrected chi connectivity index (χ4v) is 1.98. The molecule has 1 heterocycles. The maximum Gasteiger partial charge on any atom is 0.194 e. The van der Waals surface area contributed by atoms with E-state index in [1.54, 1.807) is 6.92 Å². The van der Waals surface area contributed by atoms with Crippen LogP contribution in [0.15, 0.2) is 16.6 Å². The minimum absolute atomic E-state index is 0.0798. The maximum absolute atomic E-state index is 13.3. The first-order chi connectivity index (χ1) is 9.43. The molecule has 0 aliphatic carbocycles. The Bertz CT molecular complexity index is 639. The molecular formula is C13H11BrF3N3. The number of rotatable bonds is 3. The molecule has 0 radical (unpaired) electrons. The van der Waals surface area contributed by atoms with Crippen LogP contribution in [0.3, 0.4) is 0 Å². The van der Waals surface area contributed by atoms with Gasteiger partial charge in [-0.1, -0.05) is 0 Å². The molecule has 0 aliphatic heterocycles. The predicted molar refractivity (Wildman–Crippen MR) is 73.9 cm³/mol. The molecule has 106 valence electrons. The Morgan fingerprint density at radius 1 is 1.15 bits per heavy atom. The van der Waals surface area contributed by atoms with Crippen molar-refractivity contribution in [1.82, 2.24) is 9.97 Å². The van der Waals surface area contributed by atoms with E-state index in [0.29, 0.717) is 22.5 Å². The lowest BCUT2D eigenvalue weighted by molar-refractivity contribution is 0.447. The van der Waals surface area contributed by atoms with Crippen molar-refractivity contribution in [3.05, 3.63) is 39.8 Å². The van der Waals surface area contributed by atoms with Gasteiger partial charge in [0.1, 0.15) is 5.82 Å². The average Bonchev–Trinajstić information content (AvgIpc) is 2.40. The smallest absolute Gasteiger partial charge is 0.194 e. The number of hydrogen-bond acceptors (Lipinski definition) is 3. The van der Waals surface area contributed by atoms with Crippen molar-refractivity contribution in [2.24, 2.45) is 0 Å².